The fraction of sp³-hybridized carbons (Fsp3) is 0.438. The molecule has 1 aromatic carbocycles. The molecular weight excluding hydrogens is 278 g/mol. The monoisotopic (exact) mass is 299 g/mol. The highest BCUT2D eigenvalue weighted by molar-refractivity contribution is 5.98. The van der Waals surface area contributed by atoms with Crippen molar-refractivity contribution < 1.29 is 4.79 Å². The van der Waals surface area contributed by atoms with Crippen LogP contribution in [0.25, 0.3) is 11.4 Å². The Morgan fingerprint density at radius 1 is 1.41 bits per heavy atom. The lowest BCUT2D eigenvalue weighted by Crippen LogP contribution is -2.54. The molecule has 2 N–H and O–H groups in total. The highest BCUT2D eigenvalue weighted by atomic mass is 16.2. The highest BCUT2D eigenvalue weighted by Crippen LogP contribution is 2.23. The van der Waals surface area contributed by atoms with E-state index in [2.05, 4.69) is 20.8 Å². The molecule has 1 unspecified atom stereocenters. The summed E-state index contributed by atoms with van der Waals surface area (Å²) < 4.78 is 1.85. The fourth-order valence-electron chi connectivity index (χ4n) is 2.80. The molecule has 1 amide bonds. The molecule has 1 saturated heterocycles. The van der Waals surface area contributed by atoms with E-state index in [1.54, 1.807) is 6.33 Å². The summed E-state index contributed by atoms with van der Waals surface area (Å²) in [5, 5.41) is 14.3. The van der Waals surface area contributed by atoms with Crippen LogP contribution in [0.15, 0.2) is 30.6 Å². The van der Waals surface area contributed by atoms with Crippen molar-refractivity contribution in [1.82, 2.24) is 20.1 Å². The molecule has 0 radical (unpaired) electrons. The molecule has 0 spiro atoms. The van der Waals surface area contributed by atoms with Crippen molar-refractivity contribution in [2.75, 3.05) is 11.9 Å². The average molecular weight is 299 g/mol. The zero-order valence-corrected chi connectivity index (χ0v) is 13.0. The van der Waals surface area contributed by atoms with E-state index in [9.17, 15) is 4.79 Å². The first-order valence-corrected chi connectivity index (χ1v) is 7.59. The number of carbonyl (C=O) groups is 1. The Kier molecular flexibility index (Phi) is 3.94. The smallest absolute Gasteiger partial charge is 0.244 e. The van der Waals surface area contributed by atoms with Crippen LogP contribution in [-0.4, -0.2) is 32.8 Å². The van der Waals surface area contributed by atoms with Crippen LogP contribution in [0.1, 0.15) is 26.2 Å². The Morgan fingerprint density at radius 3 is 2.95 bits per heavy atom. The maximum atomic E-state index is 12.5. The molecule has 3 rings (SSSR count). The van der Waals surface area contributed by atoms with Gasteiger partial charge in [0.15, 0.2) is 5.82 Å². The van der Waals surface area contributed by atoms with Crippen molar-refractivity contribution in [1.29, 1.82) is 0 Å². The SMILES string of the molecule is Cn1cnnc1-c1cccc(NC(=O)C2(C)CCCCN2)c1. The predicted octanol–water partition coefficient (Wildman–Crippen LogP) is 1.95. The molecule has 0 aliphatic carbocycles. The van der Waals surface area contributed by atoms with Crippen molar-refractivity contribution in [3.05, 3.63) is 30.6 Å². The summed E-state index contributed by atoms with van der Waals surface area (Å²) in [5.41, 5.74) is 1.22. The minimum absolute atomic E-state index is 0.0160. The minimum atomic E-state index is -0.487. The van der Waals surface area contributed by atoms with Crippen molar-refractivity contribution in [3.63, 3.8) is 0 Å². The zero-order chi connectivity index (χ0) is 15.6. The van der Waals surface area contributed by atoms with Crippen LogP contribution in [0.3, 0.4) is 0 Å². The topological polar surface area (TPSA) is 71.8 Å². The summed E-state index contributed by atoms with van der Waals surface area (Å²) in [6.07, 6.45) is 4.73. The van der Waals surface area contributed by atoms with Gasteiger partial charge < -0.3 is 15.2 Å². The molecule has 22 heavy (non-hydrogen) atoms. The van der Waals surface area contributed by atoms with Crippen LogP contribution in [0.4, 0.5) is 5.69 Å². The number of nitrogens with zero attached hydrogens (tertiary/aromatic N) is 3. The maximum absolute atomic E-state index is 12.5. The molecule has 116 valence electrons. The Morgan fingerprint density at radius 2 is 2.27 bits per heavy atom. The fourth-order valence-corrected chi connectivity index (χ4v) is 2.80. The summed E-state index contributed by atoms with van der Waals surface area (Å²) >= 11 is 0. The third-order valence-electron chi connectivity index (χ3n) is 4.21. The van der Waals surface area contributed by atoms with Gasteiger partial charge in [-0.3, -0.25) is 4.79 Å². The second kappa shape index (κ2) is 5.88. The molecule has 0 saturated carbocycles. The summed E-state index contributed by atoms with van der Waals surface area (Å²) in [5.74, 6) is 0.792. The lowest BCUT2D eigenvalue weighted by molar-refractivity contribution is -0.122. The first-order valence-electron chi connectivity index (χ1n) is 7.59. The number of benzene rings is 1. The van der Waals surface area contributed by atoms with Gasteiger partial charge in [-0.2, -0.15) is 0 Å². The van der Waals surface area contributed by atoms with Crippen molar-refractivity contribution >= 4 is 11.6 Å². The van der Waals surface area contributed by atoms with Crippen molar-refractivity contribution in [2.24, 2.45) is 7.05 Å². The van der Waals surface area contributed by atoms with Crippen LogP contribution in [0.5, 0.6) is 0 Å². The van der Waals surface area contributed by atoms with Crippen LogP contribution < -0.4 is 10.6 Å². The van der Waals surface area contributed by atoms with Crippen molar-refractivity contribution in [2.45, 2.75) is 31.7 Å². The standard InChI is InChI=1S/C16H21N5O/c1-16(8-3-4-9-17-16)15(22)19-13-7-5-6-12(10-13)14-20-18-11-21(14)2/h5-7,10-11,17H,3-4,8-9H2,1-2H3,(H,19,22). The first-order chi connectivity index (χ1) is 10.6. The summed E-state index contributed by atoms with van der Waals surface area (Å²) in [6, 6.07) is 7.69. The summed E-state index contributed by atoms with van der Waals surface area (Å²) in [7, 11) is 1.90. The van der Waals surface area contributed by atoms with E-state index in [4.69, 9.17) is 0 Å². The predicted molar refractivity (Wildman–Crippen MR) is 85.3 cm³/mol. The highest BCUT2D eigenvalue weighted by Gasteiger charge is 2.34. The van der Waals surface area contributed by atoms with Crippen LogP contribution in [0, 0.1) is 0 Å². The third-order valence-corrected chi connectivity index (χ3v) is 4.21. The van der Waals surface area contributed by atoms with Gasteiger partial charge >= 0.3 is 0 Å². The van der Waals surface area contributed by atoms with Gasteiger partial charge in [0.1, 0.15) is 6.33 Å². The lowest BCUT2D eigenvalue weighted by atomic mass is 9.90. The molecule has 0 bridgehead atoms. The van der Waals surface area contributed by atoms with Gasteiger partial charge in [-0.15, -0.1) is 10.2 Å². The Bertz CT molecular complexity index is 673. The van der Waals surface area contributed by atoms with Gasteiger partial charge in [0.05, 0.1) is 5.54 Å². The largest absolute Gasteiger partial charge is 0.324 e. The van der Waals surface area contributed by atoms with Crippen LogP contribution >= 0.6 is 0 Å². The number of piperidine rings is 1. The second-order valence-corrected chi connectivity index (χ2v) is 6.02. The van der Waals surface area contributed by atoms with Gasteiger partial charge in [0.25, 0.3) is 0 Å². The zero-order valence-electron chi connectivity index (χ0n) is 13.0. The molecule has 1 fully saturated rings. The molecule has 6 heteroatoms. The number of hydrogen-bond donors (Lipinski definition) is 2. The second-order valence-electron chi connectivity index (χ2n) is 6.02. The quantitative estimate of drug-likeness (QED) is 0.908. The number of anilines is 1. The Labute approximate surface area is 129 Å². The van der Waals surface area contributed by atoms with Gasteiger partial charge in [-0.1, -0.05) is 12.1 Å². The molecular formula is C16H21N5O. The van der Waals surface area contributed by atoms with Crippen LogP contribution in [0.2, 0.25) is 0 Å². The van der Waals surface area contributed by atoms with Gasteiger partial charge in [0, 0.05) is 18.3 Å². The van der Waals surface area contributed by atoms with E-state index in [0.717, 1.165) is 42.9 Å². The van der Waals surface area contributed by atoms with E-state index < -0.39 is 5.54 Å². The Balaban J connectivity index is 1.78. The van der Waals surface area contributed by atoms with Gasteiger partial charge in [0.2, 0.25) is 5.91 Å². The van der Waals surface area contributed by atoms with Crippen LogP contribution in [-0.2, 0) is 11.8 Å². The average Bonchev–Trinajstić information content (AvgIpc) is 2.94. The molecule has 1 aromatic heterocycles. The number of carbonyl (C=O) groups excluding carboxylic acids is 1. The number of aryl methyl sites for hydroxylation is 1. The van der Waals surface area contributed by atoms with E-state index >= 15 is 0 Å². The van der Waals surface area contributed by atoms with Gasteiger partial charge in [-0.05, 0) is 44.9 Å². The molecule has 2 heterocycles. The van der Waals surface area contributed by atoms with Crippen molar-refractivity contribution in [3.8, 4) is 11.4 Å². The van der Waals surface area contributed by atoms with E-state index in [1.165, 1.54) is 0 Å². The van der Waals surface area contributed by atoms with E-state index in [0.29, 0.717) is 0 Å². The molecule has 1 atom stereocenters. The summed E-state index contributed by atoms with van der Waals surface area (Å²) in [6.45, 7) is 2.86. The van der Waals surface area contributed by atoms with Gasteiger partial charge in [-0.25, -0.2) is 0 Å². The molecule has 6 nitrogen and oxygen atoms in total. The third kappa shape index (κ3) is 2.87. The number of hydrogen-bond acceptors (Lipinski definition) is 4. The lowest BCUT2D eigenvalue weighted by Gasteiger charge is -2.33. The molecule has 1 aliphatic rings. The number of aromatic nitrogens is 3. The number of amides is 1. The number of nitrogens with one attached hydrogen (secondary N) is 2. The minimum Gasteiger partial charge on any atom is -0.324 e. The summed E-state index contributed by atoms with van der Waals surface area (Å²) in [4.78, 5) is 12.5. The first kappa shape index (κ1) is 14.7. The molecule has 1 aliphatic heterocycles. The van der Waals surface area contributed by atoms with E-state index in [1.807, 2.05) is 42.8 Å². The number of rotatable bonds is 3. The normalized spacial score (nSPS) is 21.5. The maximum Gasteiger partial charge on any atom is 0.244 e. The Hall–Kier alpha value is -2.21. The molecule has 2 aromatic rings. The van der Waals surface area contributed by atoms with E-state index in [-0.39, 0.29) is 5.91 Å².